The van der Waals surface area contributed by atoms with Gasteiger partial charge in [0.15, 0.2) is 0 Å². The zero-order valence-electron chi connectivity index (χ0n) is 9.74. The number of amides is 2. The van der Waals surface area contributed by atoms with E-state index in [1.165, 1.54) is 6.07 Å². The molecule has 3 N–H and O–H groups in total. The molecule has 1 aromatic carbocycles. The van der Waals surface area contributed by atoms with Gasteiger partial charge in [0.1, 0.15) is 0 Å². The molecule has 6 heteroatoms. The first-order valence-electron chi connectivity index (χ1n) is 5.57. The van der Waals surface area contributed by atoms with E-state index in [0.717, 1.165) is 9.99 Å². The minimum Gasteiger partial charge on any atom is -0.478 e. The van der Waals surface area contributed by atoms with Crippen LogP contribution in [0.15, 0.2) is 18.2 Å². The van der Waals surface area contributed by atoms with E-state index >= 15 is 0 Å². The van der Waals surface area contributed by atoms with Gasteiger partial charge in [-0.3, -0.25) is 0 Å². The molecule has 2 atom stereocenters. The van der Waals surface area contributed by atoms with Crippen LogP contribution in [0, 0.1) is 9.49 Å². The molecule has 1 saturated carbocycles. The van der Waals surface area contributed by atoms with Crippen LogP contribution >= 0.6 is 22.6 Å². The van der Waals surface area contributed by atoms with E-state index in [2.05, 4.69) is 17.6 Å². The van der Waals surface area contributed by atoms with Crippen LogP contribution in [0.2, 0.25) is 0 Å². The first kappa shape index (κ1) is 13.1. The summed E-state index contributed by atoms with van der Waals surface area (Å²) < 4.78 is 0.812. The van der Waals surface area contributed by atoms with Crippen molar-refractivity contribution in [3.8, 4) is 0 Å². The van der Waals surface area contributed by atoms with Gasteiger partial charge in [-0.1, -0.05) is 6.92 Å². The third-order valence-electron chi connectivity index (χ3n) is 2.89. The molecule has 0 radical (unpaired) electrons. The zero-order valence-corrected chi connectivity index (χ0v) is 11.9. The number of aromatic carboxylic acids is 1. The molecule has 0 aromatic heterocycles. The number of hydrogen-bond donors (Lipinski definition) is 3. The molecule has 18 heavy (non-hydrogen) atoms. The van der Waals surface area contributed by atoms with E-state index in [9.17, 15) is 9.59 Å². The van der Waals surface area contributed by atoms with Crippen molar-refractivity contribution in [2.24, 2.45) is 5.92 Å². The van der Waals surface area contributed by atoms with Gasteiger partial charge in [0.25, 0.3) is 0 Å². The number of anilines is 1. The molecule has 1 aliphatic rings. The van der Waals surface area contributed by atoms with Gasteiger partial charge in [-0.2, -0.15) is 0 Å². The highest BCUT2D eigenvalue weighted by Crippen LogP contribution is 2.29. The number of rotatable bonds is 3. The first-order chi connectivity index (χ1) is 8.47. The molecule has 5 nitrogen and oxygen atoms in total. The average Bonchev–Trinajstić information content (AvgIpc) is 2.96. The zero-order chi connectivity index (χ0) is 13.3. The van der Waals surface area contributed by atoms with Crippen LogP contribution in [0.4, 0.5) is 10.5 Å². The van der Waals surface area contributed by atoms with Crippen LogP contribution in [0.1, 0.15) is 23.7 Å². The van der Waals surface area contributed by atoms with E-state index in [1.54, 1.807) is 12.1 Å². The third-order valence-corrected chi connectivity index (χ3v) is 3.56. The number of hydrogen-bond acceptors (Lipinski definition) is 2. The van der Waals surface area contributed by atoms with Crippen LogP contribution in [0.3, 0.4) is 0 Å². The molecular formula is C12H13IN2O3. The van der Waals surface area contributed by atoms with Crippen molar-refractivity contribution in [1.82, 2.24) is 5.32 Å². The number of halogens is 1. The molecule has 1 aromatic rings. The van der Waals surface area contributed by atoms with E-state index in [0.29, 0.717) is 11.6 Å². The van der Waals surface area contributed by atoms with Crippen molar-refractivity contribution in [2.75, 3.05) is 5.32 Å². The van der Waals surface area contributed by atoms with Gasteiger partial charge in [-0.05, 0) is 53.1 Å². The van der Waals surface area contributed by atoms with Crippen molar-refractivity contribution < 1.29 is 14.7 Å². The lowest BCUT2D eigenvalue weighted by Crippen LogP contribution is -2.31. The van der Waals surface area contributed by atoms with Gasteiger partial charge >= 0.3 is 12.0 Å². The predicted molar refractivity (Wildman–Crippen MR) is 75.8 cm³/mol. The smallest absolute Gasteiger partial charge is 0.337 e. The minimum atomic E-state index is -1.05. The Hall–Kier alpha value is -1.31. The van der Waals surface area contributed by atoms with Gasteiger partial charge in [-0.25, -0.2) is 9.59 Å². The molecule has 2 rings (SSSR count). The highest BCUT2D eigenvalue weighted by molar-refractivity contribution is 14.1. The highest BCUT2D eigenvalue weighted by atomic mass is 127. The lowest BCUT2D eigenvalue weighted by atomic mass is 10.2. The maximum absolute atomic E-state index is 11.7. The van der Waals surface area contributed by atoms with Crippen molar-refractivity contribution in [2.45, 2.75) is 19.4 Å². The quantitative estimate of drug-likeness (QED) is 0.725. The second-order valence-electron chi connectivity index (χ2n) is 4.41. The summed E-state index contributed by atoms with van der Waals surface area (Å²) >= 11 is 2.03. The number of carboxylic acids is 1. The van der Waals surface area contributed by atoms with Gasteiger partial charge < -0.3 is 15.7 Å². The van der Waals surface area contributed by atoms with Crippen LogP contribution < -0.4 is 10.6 Å². The van der Waals surface area contributed by atoms with Crippen LogP contribution in [0.5, 0.6) is 0 Å². The number of urea groups is 1. The molecule has 2 amide bonds. The summed E-state index contributed by atoms with van der Waals surface area (Å²) in [5, 5.41) is 14.4. The molecule has 1 aliphatic carbocycles. The molecule has 96 valence electrons. The molecule has 1 fully saturated rings. The Kier molecular flexibility index (Phi) is 3.74. The fraction of sp³-hybridized carbons (Fsp3) is 0.333. The van der Waals surface area contributed by atoms with Crippen molar-refractivity contribution >= 4 is 40.3 Å². The number of nitrogens with one attached hydrogen (secondary N) is 2. The highest BCUT2D eigenvalue weighted by Gasteiger charge is 2.33. The predicted octanol–water partition coefficient (Wildman–Crippen LogP) is 2.52. The fourth-order valence-corrected chi connectivity index (χ4v) is 2.14. The summed E-state index contributed by atoms with van der Waals surface area (Å²) in [5.41, 5.74) is 0.412. The Morgan fingerprint density at radius 3 is 2.67 bits per heavy atom. The summed E-state index contributed by atoms with van der Waals surface area (Å²) in [6.07, 6.45) is 0.978. The van der Waals surface area contributed by atoms with Crippen molar-refractivity contribution in [3.63, 3.8) is 0 Å². The molecule has 0 bridgehead atoms. The van der Waals surface area contributed by atoms with Crippen molar-refractivity contribution in [1.29, 1.82) is 0 Å². The van der Waals surface area contributed by atoms with E-state index in [4.69, 9.17) is 5.11 Å². The first-order valence-corrected chi connectivity index (χ1v) is 6.65. The molecule has 0 heterocycles. The monoisotopic (exact) mass is 360 g/mol. The van der Waals surface area contributed by atoms with Crippen LogP contribution in [-0.4, -0.2) is 23.1 Å². The van der Waals surface area contributed by atoms with Crippen LogP contribution in [-0.2, 0) is 0 Å². The number of carbonyl (C=O) groups excluding carboxylic acids is 1. The second-order valence-corrected chi connectivity index (χ2v) is 5.66. The number of carboxylic acid groups (broad SMARTS) is 1. The number of benzene rings is 1. The van der Waals surface area contributed by atoms with Crippen LogP contribution in [0.25, 0.3) is 0 Å². The summed E-state index contributed by atoms with van der Waals surface area (Å²) in [6.45, 7) is 2.05. The Labute approximate surface area is 118 Å². The second kappa shape index (κ2) is 5.13. The van der Waals surface area contributed by atoms with Gasteiger partial charge in [0.2, 0.25) is 0 Å². The summed E-state index contributed by atoms with van der Waals surface area (Å²) in [4.78, 5) is 22.7. The maximum atomic E-state index is 11.7. The fourth-order valence-electron chi connectivity index (χ4n) is 1.65. The molecular weight excluding hydrogens is 347 g/mol. The van der Waals surface area contributed by atoms with Gasteiger partial charge in [0, 0.05) is 9.61 Å². The Morgan fingerprint density at radius 2 is 2.11 bits per heavy atom. The van der Waals surface area contributed by atoms with Gasteiger partial charge in [0.05, 0.1) is 11.3 Å². The van der Waals surface area contributed by atoms with Gasteiger partial charge in [-0.15, -0.1) is 0 Å². The number of carbonyl (C=O) groups is 2. The largest absolute Gasteiger partial charge is 0.478 e. The van der Waals surface area contributed by atoms with E-state index in [1.807, 2.05) is 22.6 Å². The molecule has 0 aliphatic heterocycles. The maximum Gasteiger partial charge on any atom is 0.337 e. The molecule has 0 saturated heterocycles. The topological polar surface area (TPSA) is 78.4 Å². The Bertz CT molecular complexity index is 504. The van der Waals surface area contributed by atoms with E-state index < -0.39 is 5.97 Å². The standard InChI is InChI=1S/C12H13IN2O3/c1-6-4-10(6)15-12(18)14-9-3-2-7(13)5-8(9)11(16)17/h2-3,5-6,10H,4H2,1H3,(H,16,17)(H2,14,15,18). The minimum absolute atomic E-state index is 0.0981. The molecule has 0 spiro atoms. The Balaban J connectivity index is 2.08. The SMILES string of the molecule is CC1CC1NC(=O)Nc1ccc(I)cc1C(=O)O. The molecule has 2 unspecified atom stereocenters. The summed E-state index contributed by atoms with van der Waals surface area (Å²) in [6, 6.07) is 4.73. The Morgan fingerprint density at radius 1 is 1.44 bits per heavy atom. The van der Waals surface area contributed by atoms with E-state index in [-0.39, 0.29) is 17.6 Å². The normalized spacial score (nSPS) is 21.2. The summed E-state index contributed by atoms with van der Waals surface area (Å²) in [5.74, 6) is -0.546. The van der Waals surface area contributed by atoms with Crippen molar-refractivity contribution in [3.05, 3.63) is 27.3 Å². The average molecular weight is 360 g/mol. The lowest BCUT2D eigenvalue weighted by Gasteiger charge is -2.10. The summed E-state index contributed by atoms with van der Waals surface area (Å²) in [7, 11) is 0. The lowest BCUT2D eigenvalue weighted by molar-refractivity contribution is 0.0698. The third kappa shape index (κ3) is 3.12.